The molecule has 0 spiro atoms. The van der Waals surface area contributed by atoms with Gasteiger partial charge in [-0.25, -0.2) is 0 Å². The number of primary amides is 1. The van der Waals surface area contributed by atoms with E-state index < -0.39 is 18.6 Å². The van der Waals surface area contributed by atoms with Crippen LogP contribution in [0.4, 0.5) is 30.6 Å². The van der Waals surface area contributed by atoms with Crippen molar-refractivity contribution in [2.75, 3.05) is 23.8 Å². The number of nitrogens with one attached hydrogen (secondary N) is 2. The molecule has 0 saturated carbocycles. The number of alkyl halides is 3. The Labute approximate surface area is 185 Å². The van der Waals surface area contributed by atoms with Crippen molar-refractivity contribution in [1.29, 1.82) is 0 Å². The van der Waals surface area contributed by atoms with Gasteiger partial charge in [-0.05, 0) is 31.0 Å². The molecule has 1 aromatic carbocycles. The van der Waals surface area contributed by atoms with E-state index in [2.05, 4.69) is 30.9 Å². The predicted octanol–water partition coefficient (Wildman–Crippen LogP) is 1.46. The van der Waals surface area contributed by atoms with Crippen LogP contribution in [0.1, 0.15) is 22.5 Å². The molecule has 2 aromatic heterocycles. The lowest BCUT2D eigenvalue weighted by Crippen LogP contribution is -2.48. The van der Waals surface area contributed by atoms with Crippen LogP contribution in [0.2, 0.25) is 0 Å². The number of fused-ring (bicyclic) bond motifs is 1. The molecule has 0 aliphatic carbocycles. The van der Waals surface area contributed by atoms with E-state index in [0.717, 1.165) is 4.68 Å². The molecule has 11 nitrogen and oxygen atoms in total. The maximum atomic E-state index is 12.7. The van der Waals surface area contributed by atoms with Crippen LogP contribution in [0.3, 0.4) is 0 Å². The van der Waals surface area contributed by atoms with Gasteiger partial charge in [0, 0.05) is 36.0 Å². The van der Waals surface area contributed by atoms with E-state index in [9.17, 15) is 18.0 Å². The van der Waals surface area contributed by atoms with Crippen LogP contribution in [-0.4, -0.2) is 62.3 Å². The Bertz CT molecular complexity index is 1180. The second-order valence-corrected chi connectivity index (χ2v) is 7.77. The Morgan fingerprint density at radius 3 is 2.82 bits per heavy atom. The molecule has 3 heterocycles. The summed E-state index contributed by atoms with van der Waals surface area (Å²) in [6, 6.07) is 2.84. The van der Waals surface area contributed by atoms with Crippen molar-refractivity contribution in [3.8, 4) is 0 Å². The minimum Gasteiger partial charge on any atom is -0.380 e. The summed E-state index contributed by atoms with van der Waals surface area (Å²) in [5.74, 6) is -0.662. The molecule has 33 heavy (non-hydrogen) atoms. The average Bonchev–Trinajstić information content (AvgIpc) is 3.11. The summed E-state index contributed by atoms with van der Waals surface area (Å²) in [5.41, 5.74) is 12.8. The van der Waals surface area contributed by atoms with Crippen LogP contribution in [0.15, 0.2) is 18.3 Å². The van der Waals surface area contributed by atoms with E-state index in [-0.39, 0.29) is 29.5 Å². The van der Waals surface area contributed by atoms with E-state index in [4.69, 9.17) is 16.2 Å². The zero-order chi connectivity index (χ0) is 23.8. The molecule has 176 valence electrons. The molecule has 0 radical (unpaired) electrons. The van der Waals surface area contributed by atoms with Crippen molar-refractivity contribution in [2.24, 2.45) is 11.5 Å². The van der Waals surface area contributed by atoms with Crippen molar-refractivity contribution in [2.45, 2.75) is 38.1 Å². The molecular weight excluding hydrogens is 443 g/mol. The molecule has 1 amide bonds. The number of aromatic nitrogens is 5. The lowest BCUT2D eigenvalue weighted by Gasteiger charge is -2.29. The lowest BCUT2D eigenvalue weighted by atomic mass is 10.1. The van der Waals surface area contributed by atoms with Gasteiger partial charge in [0.15, 0.2) is 11.5 Å². The minimum atomic E-state index is -4.39. The number of ether oxygens (including phenoxy) is 1. The number of aryl methyl sites for hydroxylation is 1. The SMILES string of the molecule is Cc1cc(Nc2nc(N[C@@H]3CCOC[C@@H]3N)nnc2C(N)=O)cc2cn(CC(F)(F)F)nc12. The molecule has 3 aromatic rings. The van der Waals surface area contributed by atoms with Gasteiger partial charge in [-0.15, -0.1) is 10.2 Å². The van der Waals surface area contributed by atoms with E-state index in [1.54, 1.807) is 19.1 Å². The number of amides is 1. The number of halogens is 3. The normalized spacial score (nSPS) is 18.9. The largest absolute Gasteiger partial charge is 0.408 e. The first kappa shape index (κ1) is 22.7. The molecular formula is C19H22F3N9O2. The van der Waals surface area contributed by atoms with Crippen LogP contribution in [-0.2, 0) is 11.3 Å². The Kier molecular flexibility index (Phi) is 6.03. The Balaban J connectivity index is 1.63. The van der Waals surface area contributed by atoms with Gasteiger partial charge in [0.1, 0.15) is 6.54 Å². The summed E-state index contributed by atoms with van der Waals surface area (Å²) in [6.45, 7) is 1.43. The number of rotatable bonds is 6. The maximum Gasteiger partial charge on any atom is 0.408 e. The molecule has 4 rings (SSSR count). The third-order valence-electron chi connectivity index (χ3n) is 5.09. The van der Waals surface area contributed by atoms with Gasteiger partial charge < -0.3 is 26.8 Å². The zero-order valence-corrected chi connectivity index (χ0v) is 17.6. The van der Waals surface area contributed by atoms with Crippen molar-refractivity contribution >= 4 is 34.3 Å². The number of nitrogens with zero attached hydrogens (tertiary/aromatic N) is 5. The first-order valence-electron chi connectivity index (χ1n) is 10.0. The molecule has 1 saturated heterocycles. The smallest absolute Gasteiger partial charge is 0.380 e. The highest BCUT2D eigenvalue weighted by atomic mass is 19.4. The summed E-state index contributed by atoms with van der Waals surface area (Å²) < 4.78 is 44.3. The van der Waals surface area contributed by atoms with Gasteiger partial charge in [-0.1, -0.05) is 0 Å². The zero-order valence-electron chi connectivity index (χ0n) is 17.6. The highest BCUT2D eigenvalue weighted by molar-refractivity contribution is 5.96. The van der Waals surface area contributed by atoms with Crippen LogP contribution in [0, 0.1) is 6.92 Å². The number of carbonyl (C=O) groups excluding carboxylic acids is 1. The van der Waals surface area contributed by atoms with Crippen molar-refractivity contribution in [1.82, 2.24) is 25.0 Å². The maximum absolute atomic E-state index is 12.7. The predicted molar refractivity (Wildman–Crippen MR) is 113 cm³/mol. The quantitative estimate of drug-likeness (QED) is 0.423. The summed E-state index contributed by atoms with van der Waals surface area (Å²) in [7, 11) is 0. The van der Waals surface area contributed by atoms with Crippen molar-refractivity contribution in [3.05, 3.63) is 29.6 Å². The van der Waals surface area contributed by atoms with Gasteiger partial charge in [0.25, 0.3) is 5.91 Å². The monoisotopic (exact) mass is 465 g/mol. The molecule has 6 N–H and O–H groups in total. The highest BCUT2D eigenvalue weighted by Gasteiger charge is 2.29. The molecule has 1 aliphatic heterocycles. The summed E-state index contributed by atoms with van der Waals surface area (Å²) in [5, 5.41) is 18.3. The molecule has 2 atom stereocenters. The minimum absolute atomic E-state index is 0.0436. The number of hydrogen-bond donors (Lipinski definition) is 4. The van der Waals surface area contributed by atoms with Crippen LogP contribution < -0.4 is 22.1 Å². The molecule has 0 bridgehead atoms. The molecule has 1 aliphatic rings. The van der Waals surface area contributed by atoms with E-state index in [1.807, 2.05) is 0 Å². The number of anilines is 3. The topological polar surface area (TPSA) is 159 Å². The fourth-order valence-corrected chi connectivity index (χ4v) is 3.58. The number of hydrogen-bond acceptors (Lipinski definition) is 9. The van der Waals surface area contributed by atoms with Crippen molar-refractivity contribution in [3.63, 3.8) is 0 Å². The molecule has 14 heteroatoms. The highest BCUT2D eigenvalue weighted by Crippen LogP contribution is 2.27. The summed E-state index contributed by atoms with van der Waals surface area (Å²) >= 11 is 0. The molecule has 1 fully saturated rings. The summed E-state index contributed by atoms with van der Waals surface area (Å²) in [4.78, 5) is 16.2. The van der Waals surface area contributed by atoms with Gasteiger partial charge in [0.2, 0.25) is 5.95 Å². The summed E-state index contributed by atoms with van der Waals surface area (Å²) in [6.07, 6.45) is -2.45. The fourth-order valence-electron chi connectivity index (χ4n) is 3.58. The number of carbonyl (C=O) groups is 1. The van der Waals surface area contributed by atoms with E-state index >= 15 is 0 Å². The van der Waals surface area contributed by atoms with Crippen LogP contribution >= 0.6 is 0 Å². The Morgan fingerprint density at radius 1 is 1.33 bits per heavy atom. The van der Waals surface area contributed by atoms with Gasteiger partial charge >= 0.3 is 6.18 Å². The molecule has 0 unspecified atom stereocenters. The second kappa shape index (κ2) is 8.78. The third-order valence-corrected chi connectivity index (χ3v) is 5.09. The lowest BCUT2D eigenvalue weighted by molar-refractivity contribution is -0.142. The van der Waals surface area contributed by atoms with Gasteiger partial charge in [-0.2, -0.15) is 23.3 Å². The number of benzene rings is 1. The van der Waals surface area contributed by atoms with E-state index in [1.165, 1.54) is 6.20 Å². The van der Waals surface area contributed by atoms with Crippen LogP contribution in [0.25, 0.3) is 10.9 Å². The Morgan fingerprint density at radius 2 is 2.12 bits per heavy atom. The van der Waals surface area contributed by atoms with E-state index in [0.29, 0.717) is 41.8 Å². The van der Waals surface area contributed by atoms with Gasteiger partial charge in [0.05, 0.1) is 12.1 Å². The number of nitrogens with two attached hydrogens (primary N) is 2. The third kappa shape index (κ3) is 5.28. The fraction of sp³-hybridized carbons (Fsp3) is 0.421. The van der Waals surface area contributed by atoms with Gasteiger partial charge in [-0.3, -0.25) is 9.48 Å². The Hall–Kier alpha value is -3.52. The van der Waals surface area contributed by atoms with Crippen LogP contribution in [0.5, 0.6) is 0 Å². The first-order chi connectivity index (χ1) is 15.6. The standard InChI is InChI=1S/C19H22F3N9O2/c1-9-4-11(5-10-6-31(30-14(9)10)8-19(20,21)22)25-17-15(16(24)32)28-29-18(27-17)26-13-2-3-33-7-12(13)23/h4-6,12-13H,2-3,7-8,23H2,1H3,(H2,24,32)(H2,25,26,27,29)/t12-,13+/m0/s1. The first-order valence-corrected chi connectivity index (χ1v) is 10.0. The second-order valence-electron chi connectivity index (χ2n) is 7.77. The average molecular weight is 465 g/mol. The van der Waals surface area contributed by atoms with Crippen molar-refractivity contribution < 1.29 is 22.7 Å².